The third kappa shape index (κ3) is 1.71. The maximum absolute atomic E-state index is 10.1. The van der Waals surface area contributed by atoms with Gasteiger partial charge in [-0.2, -0.15) is 0 Å². The van der Waals surface area contributed by atoms with Crippen LogP contribution in [0.4, 0.5) is 0 Å². The van der Waals surface area contributed by atoms with Gasteiger partial charge in [-0.1, -0.05) is 23.8 Å². The predicted molar refractivity (Wildman–Crippen MR) is 62.8 cm³/mol. The van der Waals surface area contributed by atoms with Gasteiger partial charge in [0.15, 0.2) is 0 Å². The summed E-state index contributed by atoms with van der Waals surface area (Å²) in [4.78, 5) is 0. The number of aliphatic hydroxyl groups excluding tert-OH is 1. The summed E-state index contributed by atoms with van der Waals surface area (Å²) >= 11 is 6.08. The topological polar surface area (TPSA) is 38.7 Å². The fourth-order valence-electron chi connectivity index (χ4n) is 1.91. The van der Waals surface area contributed by atoms with Crippen molar-refractivity contribution in [3.8, 4) is 5.75 Å². The fourth-order valence-corrected chi connectivity index (χ4v) is 2.18. The molecule has 2 atom stereocenters. The number of aliphatic hydroxyl groups is 1. The van der Waals surface area contributed by atoms with Gasteiger partial charge in [0.25, 0.3) is 0 Å². The minimum absolute atomic E-state index is 0.364. The molecule has 0 radical (unpaired) electrons. The van der Waals surface area contributed by atoms with Gasteiger partial charge < -0.3 is 14.6 Å². The second-order valence-corrected chi connectivity index (χ2v) is 3.99. The van der Waals surface area contributed by atoms with Gasteiger partial charge >= 0.3 is 0 Å². The molecule has 0 unspecified atom stereocenters. The van der Waals surface area contributed by atoms with Crippen molar-refractivity contribution in [2.24, 2.45) is 0 Å². The molecule has 86 valence electrons. The zero-order valence-corrected chi connectivity index (χ0v) is 9.86. The SMILES string of the molecule is COc1ccc(Cl)c2c1C=C[C@@H](OC)[C@@H]2O. The van der Waals surface area contributed by atoms with Crippen LogP contribution in [-0.2, 0) is 4.74 Å². The number of rotatable bonds is 2. The highest BCUT2D eigenvalue weighted by Gasteiger charge is 2.28. The zero-order chi connectivity index (χ0) is 11.7. The summed E-state index contributed by atoms with van der Waals surface area (Å²) in [6.45, 7) is 0. The molecule has 0 fully saturated rings. The van der Waals surface area contributed by atoms with Gasteiger partial charge in [0, 0.05) is 23.3 Å². The molecule has 0 aromatic heterocycles. The Balaban J connectivity index is 2.57. The summed E-state index contributed by atoms with van der Waals surface area (Å²) in [6, 6.07) is 3.50. The van der Waals surface area contributed by atoms with Crippen molar-refractivity contribution >= 4 is 17.7 Å². The number of methoxy groups -OCH3 is 2. The Bertz CT molecular complexity index is 429. The molecule has 0 bridgehead atoms. The number of fused-ring (bicyclic) bond motifs is 1. The number of ether oxygens (including phenoxy) is 2. The molecule has 0 aliphatic heterocycles. The van der Waals surface area contributed by atoms with E-state index in [1.165, 1.54) is 0 Å². The smallest absolute Gasteiger partial charge is 0.126 e. The first-order valence-corrected chi connectivity index (χ1v) is 5.32. The van der Waals surface area contributed by atoms with Crippen molar-refractivity contribution in [3.05, 3.63) is 34.4 Å². The molecule has 1 aromatic rings. The first-order chi connectivity index (χ1) is 7.69. The molecule has 1 aromatic carbocycles. The van der Waals surface area contributed by atoms with Gasteiger partial charge in [0.2, 0.25) is 0 Å². The second kappa shape index (κ2) is 4.45. The van der Waals surface area contributed by atoms with Crippen molar-refractivity contribution in [1.29, 1.82) is 0 Å². The summed E-state index contributed by atoms with van der Waals surface area (Å²) in [6.07, 6.45) is 2.54. The average molecular weight is 241 g/mol. The Labute approximate surface area is 99.3 Å². The Kier molecular flexibility index (Phi) is 3.19. The first-order valence-electron chi connectivity index (χ1n) is 4.94. The number of halogens is 1. The van der Waals surface area contributed by atoms with E-state index in [0.717, 1.165) is 5.56 Å². The Morgan fingerprint density at radius 3 is 2.69 bits per heavy atom. The molecule has 0 heterocycles. The monoisotopic (exact) mass is 240 g/mol. The predicted octanol–water partition coefficient (Wildman–Crippen LogP) is 2.42. The normalized spacial score (nSPS) is 23.0. The van der Waals surface area contributed by atoms with E-state index >= 15 is 0 Å². The van der Waals surface area contributed by atoms with Gasteiger partial charge in [-0.3, -0.25) is 0 Å². The average Bonchev–Trinajstić information content (AvgIpc) is 2.30. The van der Waals surface area contributed by atoms with Crippen LogP contribution < -0.4 is 4.74 Å². The van der Waals surface area contributed by atoms with E-state index in [0.29, 0.717) is 16.3 Å². The maximum atomic E-state index is 10.1. The molecule has 4 heteroatoms. The van der Waals surface area contributed by atoms with Crippen LogP contribution in [0.15, 0.2) is 18.2 Å². The van der Waals surface area contributed by atoms with Gasteiger partial charge in [-0.15, -0.1) is 0 Å². The standard InChI is InChI=1S/C12H13ClO3/c1-15-9-6-4-8(13)11-7(9)3-5-10(16-2)12(11)14/h3-6,10,12,14H,1-2H3/t10-,12+/m1/s1. The highest BCUT2D eigenvalue weighted by Crippen LogP contribution is 2.39. The first kappa shape index (κ1) is 11.5. The number of hydrogen-bond acceptors (Lipinski definition) is 3. The lowest BCUT2D eigenvalue weighted by Gasteiger charge is -2.26. The van der Waals surface area contributed by atoms with Gasteiger partial charge in [-0.25, -0.2) is 0 Å². The Morgan fingerprint density at radius 1 is 1.31 bits per heavy atom. The molecule has 1 aliphatic carbocycles. The summed E-state index contributed by atoms with van der Waals surface area (Å²) < 4.78 is 10.4. The zero-order valence-electron chi connectivity index (χ0n) is 9.11. The van der Waals surface area contributed by atoms with E-state index in [-0.39, 0.29) is 6.10 Å². The molecule has 16 heavy (non-hydrogen) atoms. The summed E-state index contributed by atoms with van der Waals surface area (Å²) in [5.74, 6) is 0.698. The largest absolute Gasteiger partial charge is 0.496 e. The molecule has 0 spiro atoms. The van der Waals surface area contributed by atoms with Crippen molar-refractivity contribution in [3.63, 3.8) is 0 Å². The lowest BCUT2D eigenvalue weighted by atomic mass is 9.92. The van der Waals surface area contributed by atoms with E-state index in [4.69, 9.17) is 21.1 Å². The van der Waals surface area contributed by atoms with Crippen molar-refractivity contribution < 1.29 is 14.6 Å². The Morgan fingerprint density at radius 2 is 2.06 bits per heavy atom. The quantitative estimate of drug-likeness (QED) is 0.863. The molecule has 0 amide bonds. The van der Waals surface area contributed by atoms with Crippen molar-refractivity contribution in [2.45, 2.75) is 12.2 Å². The van der Waals surface area contributed by atoms with E-state index in [1.807, 2.05) is 6.08 Å². The van der Waals surface area contributed by atoms with Crippen LogP contribution in [0.1, 0.15) is 17.2 Å². The third-order valence-electron chi connectivity index (χ3n) is 2.75. The molecule has 0 saturated heterocycles. The van der Waals surface area contributed by atoms with Crippen LogP contribution >= 0.6 is 11.6 Å². The van der Waals surface area contributed by atoms with Crippen LogP contribution in [0.2, 0.25) is 5.02 Å². The molecule has 1 aliphatic rings. The number of hydrogen-bond donors (Lipinski definition) is 1. The molecular formula is C12H13ClO3. The maximum Gasteiger partial charge on any atom is 0.126 e. The van der Waals surface area contributed by atoms with E-state index in [1.54, 1.807) is 32.4 Å². The van der Waals surface area contributed by atoms with Gasteiger partial charge in [0.1, 0.15) is 18.0 Å². The van der Waals surface area contributed by atoms with Crippen LogP contribution in [0.5, 0.6) is 5.75 Å². The minimum Gasteiger partial charge on any atom is -0.496 e. The molecule has 2 rings (SSSR count). The van der Waals surface area contributed by atoms with E-state index in [9.17, 15) is 5.11 Å². The van der Waals surface area contributed by atoms with E-state index in [2.05, 4.69) is 0 Å². The molecule has 0 saturated carbocycles. The fraction of sp³-hybridized carbons (Fsp3) is 0.333. The highest BCUT2D eigenvalue weighted by atomic mass is 35.5. The van der Waals surface area contributed by atoms with Gasteiger partial charge in [-0.05, 0) is 12.1 Å². The summed E-state index contributed by atoms with van der Waals surface area (Å²) in [5, 5.41) is 10.6. The lowest BCUT2D eigenvalue weighted by Crippen LogP contribution is -2.22. The molecule has 1 N–H and O–H groups in total. The number of benzene rings is 1. The lowest BCUT2D eigenvalue weighted by molar-refractivity contribution is 0.0149. The van der Waals surface area contributed by atoms with Crippen LogP contribution in [-0.4, -0.2) is 25.4 Å². The van der Waals surface area contributed by atoms with Gasteiger partial charge in [0.05, 0.1) is 7.11 Å². The summed E-state index contributed by atoms with van der Waals surface area (Å²) in [5.41, 5.74) is 1.48. The van der Waals surface area contributed by atoms with Crippen LogP contribution in [0, 0.1) is 0 Å². The minimum atomic E-state index is -0.757. The summed E-state index contributed by atoms with van der Waals surface area (Å²) in [7, 11) is 3.14. The van der Waals surface area contributed by atoms with Crippen molar-refractivity contribution in [2.75, 3.05) is 14.2 Å². The van der Waals surface area contributed by atoms with E-state index < -0.39 is 6.10 Å². The Hall–Kier alpha value is -1.03. The van der Waals surface area contributed by atoms with Crippen LogP contribution in [0.25, 0.3) is 6.08 Å². The highest BCUT2D eigenvalue weighted by molar-refractivity contribution is 6.31. The molecule has 3 nitrogen and oxygen atoms in total. The van der Waals surface area contributed by atoms with Crippen LogP contribution in [0.3, 0.4) is 0 Å². The third-order valence-corrected chi connectivity index (χ3v) is 3.08. The molecular weight excluding hydrogens is 228 g/mol. The second-order valence-electron chi connectivity index (χ2n) is 3.58. The van der Waals surface area contributed by atoms with Crippen molar-refractivity contribution in [1.82, 2.24) is 0 Å².